The van der Waals surface area contributed by atoms with Crippen molar-refractivity contribution in [1.82, 2.24) is 0 Å². The van der Waals surface area contributed by atoms with Gasteiger partial charge in [-0.3, -0.25) is 0 Å². The lowest BCUT2D eigenvalue weighted by Crippen LogP contribution is -2.46. The summed E-state index contributed by atoms with van der Waals surface area (Å²) in [5.41, 5.74) is 0. The average Bonchev–Trinajstić information content (AvgIpc) is 3.19. The molecule has 6 unspecified atom stereocenters. The standard InChI is InChI=1S/C42H86O6S6Si2/c1-9-39-21-19-37(35-41(39)25-31-53-49-27-17-33-55(43-11-3,44-12-4)45-13-5)23-29-51-52-30-24-38-20-22-40(10-2)42(36-38)26-32-54-50-28-18-34-56(46-14-6,47-15-7)48-16-8/h37-42H,9-36H2,1-8H3. The summed E-state index contributed by atoms with van der Waals surface area (Å²) in [6.45, 7) is 21.1. The SMILES string of the molecule is CCO[Si](CCCSSCCC1CC(CCSSCCC2CCC(CC)C(CCSSCCC[Si](OCC)(OCC)OCC)C2)CCC1CC)(OCC)OCC. The molecule has 0 bridgehead atoms. The van der Waals surface area contributed by atoms with Crippen LogP contribution in [0.15, 0.2) is 0 Å². The lowest BCUT2D eigenvalue weighted by molar-refractivity contribution is 0.0704. The van der Waals surface area contributed by atoms with Gasteiger partial charge in [-0.2, -0.15) is 0 Å². The van der Waals surface area contributed by atoms with E-state index in [9.17, 15) is 0 Å². The highest BCUT2D eigenvalue weighted by atomic mass is 33.1. The van der Waals surface area contributed by atoms with Gasteiger partial charge in [0.1, 0.15) is 0 Å². The van der Waals surface area contributed by atoms with E-state index >= 15 is 0 Å². The largest absolute Gasteiger partial charge is 0.500 e. The van der Waals surface area contributed by atoms with Gasteiger partial charge in [0, 0.05) is 86.2 Å². The lowest BCUT2D eigenvalue weighted by atomic mass is 9.71. The van der Waals surface area contributed by atoms with E-state index in [4.69, 9.17) is 26.6 Å². The van der Waals surface area contributed by atoms with Gasteiger partial charge in [0.2, 0.25) is 0 Å². The normalized spacial score (nSPS) is 23.6. The maximum absolute atomic E-state index is 6.04. The highest BCUT2D eigenvalue weighted by molar-refractivity contribution is 8.77. The molecule has 0 aliphatic heterocycles. The van der Waals surface area contributed by atoms with Crippen LogP contribution in [0.5, 0.6) is 0 Å². The zero-order valence-corrected chi connectivity index (χ0v) is 44.1. The Morgan fingerprint density at radius 1 is 0.375 bits per heavy atom. The third-order valence-corrected chi connectivity index (χ3v) is 25.6. The zero-order valence-electron chi connectivity index (χ0n) is 37.2. The minimum absolute atomic E-state index is 0.666. The number of hydrogen-bond acceptors (Lipinski definition) is 12. The van der Waals surface area contributed by atoms with Crippen LogP contribution in [0.4, 0.5) is 0 Å². The maximum Gasteiger partial charge on any atom is 0.500 e. The van der Waals surface area contributed by atoms with Gasteiger partial charge >= 0.3 is 17.6 Å². The van der Waals surface area contributed by atoms with Crippen LogP contribution in [0.25, 0.3) is 0 Å². The Balaban J connectivity index is 1.58. The van der Waals surface area contributed by atoms with E-state index in [1.54, 1.807) is 0 Å². The second kappa shape index (κ2) is 34.7. The molecule has 0 spiro atoms. The molecule has 2 rings (SSSR count). The summed E-state index contributed by atoms with van der Waals surface area (Å²) in [6, 6.07) is 1.86. The molecule has 2 saturated carbocycles. The molecule has 56 heavy (non-hydrogen) atoms. The van der Waals surface area contributed by atoms with E-state index in [0.717, 1.165) is 71.9 Å². The van der Waals surface area contributed by atoms with Crippen molar-refractivity contribution in [1.29, 1.82) is 0 Å². The zero-order chi connectivity index (χ0) is 40.7. The molecule has 0 radical (unpaired) electrons. The van der Waals surface area contributed by atoms with Crippen LogP contribution in [-0.4, -0.2) is 91.8 Å². The lowest BCUT2D eigenvalue weighted by Gasteiger charge is -2.36. The molecule has 0 amide bonds. The van der Waals surface area contributed by atoms with E-state index in [1.807, 2.05) is 63.1 Å². The van der Waals surface area contributed by atoms with E-state index in [2.05, 4.69) is 57.0 Å². The summed E-state index contributed by atoms with van der Waals surface area (Å²) in [6.07, 6.45) is 19.3. The first-order valence-electron chi connectivity index (χ1n) is 22.9. The molecule has 6 atom stereocenters. The Morgan fingerprint density at radius 3 is 0.982 bits per heavy atom. The van der Waals surface area contributed by atoms with Crippen molar-refractivity contribution in [2.24, 2.45) is 35.5 Å². The highest BCUT2D eigenvalue weighted by Gasteiger charge is 2.40. The van der Waals surface area contributed by atoms with E-state index in [-0.39, 0.29) is 0 Å². The maximum atomic E-state index is 6.04. The summed E-state index contributed by atoms with van der Waals surface area (Å²) in [4.78, 5) is 0. The van der Waals surface area contributed by atoms with Crippen molar-refractivity contribution in [3.05, 3.63) is 0 Å². The molecule has 0 N–H and O–H groups in total. The molecular formula is C42H86O6S6Si2. The molecule has 2 fully saturated rings. The molecule has 14 heteroatoms. The topological polar surface area (TPSA) is 55.4 Å². The molecule has 0 aromatic heterocycles. The monoisotopic (exact) mass is 934 g/mol. The third kappa shape index (κ3) is 22.6. The first-order chi connectivity index (χ1) is 27.4. The summed E-state index contributed by atoms with van der Waals surface area (Å²) < 4.78 is 36.3. The Labute approximate surface area is 373 Å². The molecule has 0 aromatic rings. The minimum atomic E-state index is -2.50. The summed E-state index contributed by atoms with van der Waals surface area (Å²) in [5.74, 6) is 13.2. The molecule has 2 aliphatic rings. The van der Waals surface area contributed by atoms with E-state index in [0.29, 0.717) is 39.6 Å². The van der Waals surface area contributed by atoms with Crippen LogP contribution in [0.3, 0.4) is 0 Å². The first-order valence-corrected chi connectivity index (χ1v) is 34.3. The van der Waals surface area contributed by atoms with Crippen LogP contribution < -0.4 is 0 Å². The Bertz CT molecular complexity index is 816. The van der Waals surface area contributed by atoms with Gasteiger partial charge in [-0.15, -0.1) is 0 Å². The fraction of sp³-hybridized carbons (Fsp3) is 1.00. The molecule has 0 heterocycles. The quantitative estimate of drug-likeness (QED) is 0.0339. The van der Waals surface area contributed by atoms with Gasteiger partial charge in [-0.05, 0) is 141 Å². The van der Waals surface area contributed by atoms with Crippen molar-refractivity contribution in [2.45, 2.75) is 157 Å². The van der Waals surface area contributed by atoms with Gasteiger partial charge in [-0.25, -0.2) is 0 Å². The summed E-state index contributed by atoms with van der Waals surface area (Å²) in [7, 11) is 7.64. The summed E-state index contributed by atoms with van der Waals surface area (Å²) in [5, 5.41) is 0. The van der Waals surface area contributed by atoms with Crippen LogP contribution in [-0.2, 0) is 26.6 Å². The Kier molecular flexibility index (Phi) is 33.8. The van der Waals surface area contributed by atoms with Gasteiger partial charge in [0.15, 0.2) is 0 Å². The van der Waals surface area contributed by atoms with Gasteiger partial charge in [0.05, 0.1) is 0 Å². The van der Waals surface area contributed by atoms with Crippen molar-refractivity contribution < 1.29 is 26.6 Å². The fourth-order valence-corrected chi connectivity index (χ4v) is 21.6. The molecule has 2 aliphatic carbocycles. The molecule has 0 saturated heterocycles. The van der Waals surface area contributed by atoms with Gasteiger partial charge < -0.3 is 26.6 Å². The Morgan fingerprint density at radius 2 is 0.679 bits per heavy atom. The van der Waals surface area contributed by atoms with Crippen LogP contribution in [0.2, 0.25) is 12.1 Å². The van der Waals surface area contributed by atoms with Crippen molar-refractivity contribution >= 4 is 82.4 Å². The van der Waals surface area contributed by atoms with Gasteiger partial charge in [-0.1, -0.05) is 104 Å². The number of rotatable bonds is 37. The minimum Gasteiger partial charge on any atom is -0.374 e. The highest BCUT2D eigenvalue weighted by Crippen LogP contribution is 2.43. The Hall–Kier alpha value is 2.29. The molecule has 0 aromatic carbocycles. The molecule has 6 nitrogen and oxygen atoms in total. The second-order valence-corrected chi connectivity index (χ2v) is 29.0. The van der Waals surface area contributed by atoms with Gasteiger partial charge in [0.25, 0.3) is 0 Å². The van der Waals surface area contributed by atoms with Crippen molar-refractivity contribution in [2.75, 3.05) is 74.2 Å². The van der Waals surface area contributed by atoms with E-state index < -0.39 is 17.6 Å². The molecular weight excluding hydrogens is 849 g/mol. The predicted molar refractivity (Wildman–Crippen MR) is 263 cm³/mol. The van der Waals surface area contributed by atoms with Crippen LogP contribution in [0.1, 0.15) is 145 Å². The average molecular weight is 936 g/mol. The third-order valence-electron chi connectivity index (χ3n) is 11.8. The summed E-state index contributed by atoms with van der Waals surface area (Å²) >= 11 is 0. The van der Waals surface area contributed by atoms with Crippen LogP contribution in [0, 0.1) is 35.5 Å². The van der Waals surface area contributed by atoms with Crippen LogP contribution >= 0.6 is 64.8 Å². The first kappa shape index (κ1) is 54.4. The van der Waals surface area contributed by atoms with Crippen molar-refractivity contribution in [3.8, 4) is 0 Å². The molecule has 334 valence electrons. The predicted octanol–water partition coefficient (Wildman–Crippen LogP) is 14.5. The second-order valence-electron chi connectivity index (χ2n) is 15.5. The number of hydrogen-bond donors (Lipinski definition) is 0. The fourth-order valence-electron chi connectivity index (χ4n) is 9.03. The smallest absolute Gasteiger partial charge is 0.374 e. The van der Waals surface area contributed by atoms with Crippen molar-refractivity contribution in [3.63, 3.8) is 0 Å². The van der Waals surface area contributed by atoms with E-state index in [1.165, 1.54) is 100 Å².